The average Bonchev–Trinajstić information content (AvgIpc) is 3.13. The number of hydrogen-bond donors (Lipinski definition) is 3. The number of halogens is 2. The van der Waals surface area contributed by atoms with E-state index in [1.165, 1.54) is 0 Å². The minimum absolute atomic E-state index is 0.0521. The van der Waals surface area contributed by atoms with Gasteiger partial charge in [-0.05, 0) is 42.8 Å². The fraction of sp³-hybridized carbons (Fsp3) is 0.400. The molecule has 0 saturated heterocycles. The first kappa shape index (κ1) is 26.1. The number of ether oxygens (including phenoxy) is 1. The molecule has 3 rings (SSSR count). The predicted molar refractivity (Wildman–Crippen MR) is 125 cm³/mol. The topological polar surface area (TPSA) is 108 Å². The van der Waals surface area contributed by atoms with Gasteiger partial charge in [0.25, 0.3) is 0 Å². The van der Waals surface area contributed by atoms with Gasteiger partial charge in [-0.3, -0.25) is 4.79 Å². The second kappa shape index (κ2) is 11.7. The van der Waals surface area contributed by atoms with Crippen LogP contribution in [0.2, 0.25) is 0 Å². The molecular formula is C25H29F2N3O5. The molecule has 0 heterocycles. The molecule has 188 valence electrons. The SMILES string of the molecule is CN(C)CCC(NC(=O)C(CC(F)F)NC(=O)OCC1c2ccccc2-c2ccccc21)C(=O)O. The molecule has 2 unspecified atom stereocenters. The van der Waals surface area contributed by atoms with E-state index < -0.39 is 42.9 Å². The van der Waals surface area contributed by atoms with Crippen molar-refractivity contribution in [3.8, 4) is 11.1 Å². The molecule has 3 N–H and O–H groups in total. The van der Waals surface area contributed by atoms with Crippen LogP contribution in [0.15, 0.2) is 48.5 Å². The number of amides is 2. The van der Waals surface area contributed by atoms with E-state index in [0.717, 1.165) is 22.3 Å². The first-order chi connectivity index (χ1) is 16.7. The van der Waals surface area contributed by atoms with Crippen LogP contribution in [0.25, 0.3) is 11.1 Å². The number of carbonyl (C=O) groups is 3. The lowest BCUT2D eigenvalue weighted by Crippen LogP contribution is -2.52. The fourth-order valence-corrected chi connectivity index (χ4v) is 4.11. The van der Waals surface area contributed by atoms with Gasteiger partial charge in [-0.15, -0.1) is 0 Å². The summed E-state index contributed by atoms with van der Waals surface area (Å²) in [4.78, 5) is 38.2. The Morgan fingerprint density at radius 2 is 1.54 bits per heavy atom. The van der Waals surface area contributed by atoms with Crippen LogP contribution in [-0.2, 0) is 14.3 Å². The summed E-state index contributed by atoms with van der Waals surface area (Å²) in [6, 6.07) is 12.5. The summed E-state index contributed by atoms with van der Waals surface area (Å²) in [5.74, 6) is -2.54. The second-order valence-corrected chi connectivity index (χ2v) is 8.64. The first-order valence-electron chi connectivity index (χ1n) is 11.2. The molecule has 8 nitrogen and oxygen atoms in total. The van der Waals surface area contributed by atoms with E-state index in [2.05, 4.69) is 10.6 Å². The van der Waals surface area contributed by atoms with Gasteiger partial charge in [0.05, 0.1) is 0 Å². The average molecular weight is 490 g/mol. The molecular weight excluding hydrogens is 460 g/mol. The van der Waals surface area contributed by atoms with Gasteiger partial charge >= 0.3 is 12.1 Å². The molecule has 0 saturated carbocycles. The van der Waals surface area contributed by atoms with E-state index in [1.807, 2.05) is 48.5 Å². The molecule has 0 fully saturated rings. The summed E-state index contributed by atoms with van der Waals surface area (Å²) >= 11 is 0. The van der Waals surface area contributed by atoms with E-state index >= 15 is 0 Å². The minimum atomic E-state index is -2.90. The predicted octanol–water partition coefficient (Wildman–Crippen LogP) is 3.07. The van der Waals surface area contributed by atoms with Crippen molar-refractivity contribution in [2.45, 2.75) is 37.3 Å². The highest BCUT2D eigenvalue weighted by molar-refractivity contribution is 5.89. The van der Waals surface area contributed by atoms with Crippen LogP contribution in [0.1, 0.15) is 29.9 Å². The van der Waals surface area contributed by atoms with Crippen molar-refractivity contribution in [3.05, 3.63) is 59.7 Å². The van der Waals surface area contributed by atoms with Crippen LogP contribution in [0.4, 0.5) is 13.6 Å². The highest BCUT2D eigenvalue weighted by atomic mass is 19.3. The summed E-state index contributed by atoms with van der Waals surface area (Å²) < 4.78 is 31.6. The maximum atomic E-state index is 13.1. The third kappa shape index (κ3) is 6.75. The summed E-state index contributed by atoms with van der Waals surface area (Å²) in [5.41, 5.74) is 4.02. The largest absolute Gasteiger partial charge is 0.480 e. The van der Waals surface area contributed by atoms with E-state index in [-0.39, 0.29) is 18.9 Å². The molecule has 0 spiro atoms. The Morgan fingerprint density at radius 3 is 2.06 bits per heavy atom. The molecule has 0 aliphatic heterocycles. The van der Waals surface area contributed by atoms with Crippen LogP contribution < -0.4 is 10.6 Å². The number of fused-ring (bicyclic) bond motifs is 3. The number of alkyl halides is 2. The lowest BCUT2D eigenvalue weighted by molar-refractivity contribution is -0.142. The number of carboxylic acid groups (broad SMARTS) is 1. The maximum Gasteiger partial charge on any atom is 0.407 e. The molecule has 2 atom stereocenters. The number of benzene rings is 2. The number of aliphatic carboxylic acids is 1. The Balaban J connectivity index is 1.65. The summed E-state index contributed by atoms with van der Waals surface area (Å²) in [6.07, 6.45) is -4.84. The number of alkyl carbamates (subject to hydrolysis) is 1. The molecule has 10 heteroatoms. The quantitative estimate of drug-likeness (QED) is 0.448. The Morgan fingerprint density at radius 1 is 0.971 bits per heavy atom. The zero-order chi connectivity index (χ0) is 25.5. The van der Waals surface area contributed by atoms with Crippen LogP contribution in [-0.4, -0.2) is 73.7 Å². The van der Waals surface area contributed by atoms with Crippen molar-refractivity contribution in [2.75, 3.05) is 27.2 Å². The van der Waals surface area contributed by atoms with Gasteiger partial charge in [-0.2, -0.15) is 0 Å². The number of nitrogens with zero attached hydrogens (tertiary/aromatic N) is 1. The lowest BCUT2D eigenvalue weighted by atomic mass is 9.98. The number of rotatable bonds is 11. The third-order valence-corrected chi connectivity index (χ3v) is 5.85. The third-order valence-electron chi connectivity index (χ3n) is 5.85. The van der Waals surface area contributed by atoms with Gasteiger partial charge in [0.2, 0.25) is 12.3 Å². The van der Waals surface area contributed by atoms with E-state index in [4.69, 9.17) is 4.74 Å². The van der Waals surface area contributed by atoms with Gasteiger partial charge in [0, 0.05) is 18.9 Å². The highest BCUT2D eigenvalue weighted by Crippen LogP contribution is 2.44. The zero-order valence-electron chi connectivity index (χ0n) is 19.5. The van der Waals surface area contributed by atoms with E-state index in [0.29, 0.717) is 6.54 Å². The van der Waals surface area contributed by atoms with Crippen LogP contribution in [0.3, 0.4) is 0 Å². The number of carbonyl (C=O) groups excluding carboxylic acids is 2. The lowest BCUT2D eigenvalue weighted by Gasteiger charge is -2.22. The normalized spacial score (nSPS) is 14.2. The smallest absolute Gasteiger partial charge is 0.407 e. The zero-order valence-corrected chi connectivity index (χ0v) is 19.5. The first-order valence-corrected chi connectivity index (χ1v) is 11.2. The van der Waals surface area contributed by atoms with Gasteiger partial charge in [-0.1, -0.05) is 48.5 Å². The molecule has 1 aliphatic carbocycles. The Kier molecular flexibility index (Phi) is 8.75. The van der Waals surface area contributed by atoms with Gasteiger partial charge in [-0.25, -0.2) is 18.4 Å². The monoisotopic (exact) mass is 489 g/mol. The van der Waals surface area contributed by atoms with E-state index in [9.17, 15) is 28.3 Å². The molecule has 0 radical (unpaired) electrons. The van der Waals surface area contributed by atoms with Crippen LogP contribution in [0.5, 0.6) is 0 Å². The van der Waals surface area contributed by atoms with Crippen molar-refractivity contribution in [3.63, 3.8) is 0 Å². The summed E-state index contributed by atoms with van der Waals surface area (Å²) in [6.45, 7) is 0.306. The van der Waals surface area contributed by atoms with Gasteiger partial charge < -0.3 is 25.4 Å². The molecule has 0 bridgehead atoms. The van der Waals surface area contributed by atoms with Crippen LogP contribution in [0, 0.1) is 0 Å². The molecule has 0 aromatic heterocycles. The Hall–Kier alpha value is -3.53. The number of nitrogens with one attached hydrogen (secondary N) is 2. The van der Waals surface area contributed by atoms with Crippen molar-refractivity contribution >= 4 is 18.0 Å². The minimum Gasteiger partial charge on any atom is -0.480 e. The van der Waals surface area contributed by atoms with Crippen LogP contribution >= 0.6 is 0 Å². The molecule has 2 aromatic rings. The number of carboxylic acids is 1. The second-order valence-electron chi connectivity index (χ2n) is 8.64. The van der Waals surface area contributed by atoms with Gasteiger partial charge in [0.15, 0.2) is 0 Å². The maximum absolute atomic E-state index is 13.1. The molecule has 35 heavy (non-hydrogen) atoms. The van der Waals surface area contributed by atoms with E-state index in [1.54, 1.807) is 19.0 Å². The molecule has 1 aliphatic rings. The van der Waals surface area contributed by atoms with Crippen molar-refractivity contribution < 1.29 is 33.0 Å². The summed E-state index contributed by atoms with van der Waals surface area (Å²) in [5, 5.41) is 13.8. The Bertz CT molecular complexity index is 1020. The van der Waals surface area contributed by atoms with Crippen molar-refractivity contribution in [1.82, 2.24) is 15.5 Å². The molecule has 2 aromatic carbocycles. The Labute approximate surface area is 202 Å². The number of hydrogen-bond acceptors (Lipinski definition) is 5. The molecule has 2 amide bonds. The highest BCUT2D eigenvalue weighted by Gasteiger charge is 2.31. The standard InChI is InChI=1S/C25H29F2N3O5/c1-30(2)12-11-20(24(32)33)28-23(31)21(13-22(26)27)29-25(34)35-14-19-17-9-5-3-7-15(17)16-8-4-6-10-18(16)19/h3-10,19-22H,11-14H2,1-2H3,(H,28,31)(H,29,34)(H,32,33). The summed E-state index contributed by atoms with van der Waals surface area (Å²) in [7, 11) is 3.47. The fourth-order valence-electron chi connectivity index (χ4n) is 4.11. The van der Waals surface area contributed by atoms with Gasteiger partial charge in [0.1, 0.15) is 18.7 Å². The van der Waals surface area contributed by atoms with Crippen molar-refractivity contribution in [2.24, 2.45) is 0 Å². The van der Waals surface area contributed by atoms with Crippen molar-refractivity contribution in [1.29, 1.82) is 0 Å².